The number of para-hydroxylation sites is 2. The van der Waals surface area contributed by atoms with Crippen molar-refractivity contribution in [1.29, 1.82) is 0 Å². The first-order chi connectivity index (χ1) is 11.1. The molecule has 3 rings (SSSR count). The summed E-state index contributed by atoms with van der Waals surface area (Å²) in [5.41, 5.74) is 0.682. The van der Waals surface area contributed by atoms with Gasteiger partial charge in [-0.3, -0.25) is 14.5 Å². The molecular weight excluding hydrogens is 292 g/mol. The van der Waals surface area contributed by atoms with Crippen molar-refractivity contribution in [3.05, 3.63) is 24.3 Å². The van der Waals surface area contributed by atoms with E-state index in [0.29, 0.717) is 30.4 Å². The van der Waals surface area contributed by atoms with Gasteiger partial charge in [0.2, 0.25) is 11.8 Å². The fraction of sp³-hybridized carbons (Fsp3) is 0.556. The van der Waals surface area contributed by atoms with Gasteiger partial charge in [-0.2, -0.15) is 0 Å². The van der Waals surface area contributed by atoms with Crippen molar-refractivity contribution in [1.82, 2.24) is 5.32 Å². The molecular formula is C18H24N2O3. The molecule has 0 bridgehead atoms. The van der Waals surface area contributed by atoms with Crippen molar-refractivity contribution in [2.45, 2.75) is 45.1 Å². The van der Waals surface area contributed by atoms with Crippen LogP contribution in [0.3, 0.4) is 0 Å². The van der Waals surface area contributed by atoms with E-state index in [9.17, 15) is 9.59 Å². The van der Waals surface area contributed by atoms with Crippen LogP contribution in [-0.2, 0) is 9.59 Å². The standard InChI is InChI=1S/C18H24N2O3/c1-13-6-2-3-7-14(13)19-17(21)12-20-15-8-4-5-9-16(15)23-11-10-18(20)22/h4-5,8-9,13-14H,2-3,6-7,10-12H2,1H3,(H,19,21)/t13-,14+/m1/s1. The van der Waals surface area contributed by atoms with Gasteiger partial charge in [0.25, 0.3) is 0 Å². The lowest BCUT2D eigenvalue weighted by atomic mass is 9.86. The van der Waals surface area contributed by atoms with Crippen molar-refractivity contribution in [3.8, 4) is 5.75 Å². The molecule has 2 amide bonds. The van der Waals surface area contributed by atoms with Crippen molar-refractivity contribution in [3.63, 3.8) is 0 Å². The smallest absolute Gasteiger partial charge is 0.240 e. The number of benzene rings is 1. The second kappa shape index (κ2) is 7.02. The van der Waals surface area contributed by atoms with Gasteiger partial charge in [-0.25, -0.2) is 0 Å². The Morgan fingerprint density at radius 3 is 2.91 bits per heavy atom. The molecule has 0 spiro atoms. The maximum Gasteiger partial charge on any atom is 0.240 e. The number of carbonyl (C=O) groups excluding carboxylic acids is 2. The van der Waals surface area contributed by atoms with Crippen LogP contribution in [0.2, 0.25) is 0 Å². The SMILES string of the molecule is C[C@@H]1CCCC[C@@H]1NC(=O)CN1C(=O)CCOc2ccccc21. The molecule has 2 aliphatic rings. The van der Waals surface area contributed by atoms with E-state index in [2.05, 4.69) is 12.2 Å². The minimum Gasteiger partial charge on any atom is -0.491 e. The summed E-state index contributed by atoms with van der Waals surface area (Å²) in [6.45, 7) is 2.60. The third-order valence-corrected chi connectivity index (χ3v) is 4.79. The first kappa shape index (κ1) is 15.8. The zero-order valence-corrected chi connectivity index (χ0v) is 13.6. The number of hydrogen-bond acceptors (Lipinski definition) is 3. The summed E-state index contributed by atoms with van der Waals surface area (Å²) in [4.78, 5) is 26.3. The van der Waals surface area contributed by atoms with Gasteiger partial charge in [-0.05, 0) is 30.9 Å². The van der Waals surface area contributed by atoms with Gasteiger partial charge >= 0.3 is 0 Å². The summed E-state index contributed by atoms with van der Waals surface area (Å²) < 4.78 is 5.60. The Morgan fingerprint density at radius 2 is 2.09 bits per heavy atom. The van der Waals surface area contributed by atoms with E-state index in [0.717, 1.165) is 19.3 Å². The molecule has 1 aromatic carbocycles. The van der Waals surface area contributed by atoms with Gasteiger partial charge < -0.3 is 10.1 Å². The summed E-state index contributed by atoms with van der Waals surface area (Å²) in [5.74, 6) is 1.01. The van der Waals surface area contributed by atoms with Gasteiger partial charge in [0.15, 0.2) is 0 Å². The first-order valence-electron chi connectivity index (χ1n) is 8.46. The highest BCUT2D eigenvalue weighted by Gasteiger charge is 2.27. The highest BCUT2D eigenvalue weighted by molar-refractivity contribution is 6.00. The van der Waals surface area contributed by atoms with Gasteiger partial charge in [-0.1, -0.05) is 31.9 Å². The number of carbonyl (C=O) groups is 2. The van der Waals surface area contributed by atoms with Crippen molar-refractivity contribution >= 4 is 17.5 Å². The molecule has 1 fully saturated rings. The van der Waals surface area contributed by atoms with Crippen LogP contribution in [0.4, 0.5) is 5.69 Å². The lowest BCUT2D eigenvalue weighted by molar-refractivity contribution is -0.124. The maximum absolute atomic E-state index is 12.4. The van der Waals surface area contributed by atoms with Crippen LogP contribution in [0, 0.1) is 5.92 Å². The minimum atomic E-state index is -0.0891. The predicted octanol–water partition coefficient (Wildman–Crippen LogP) is 2.50. The van der Waals surface area contributed by atoms with Crippen molar-refractivity contribution in [2.24, 2.45) is 5.92 Å². The third kappa shape index (κ3) is 3.66. The highest BCUT2D eigenvalue weighted by atomic mass is 16.5. The number of amides is 2. The summed E-state index contributed by atoms with van der Waals surface area (Å²) in [5, 5.41) is 3.11. The fourth-order valence-corrected chi connectivity index (χ4v) is 3.42. The Kier molecular flexibility index (Phi) is 4.84. The predicted molar refractivity (Wildman–Crippen MR) is 88.5 cm³/mol. The van der Waals surface area contributed by atoms with E-state index in [1.165, 1.54) is 6.42 Å². The topological polar surface area (TPSA) is 58.6 Å². The second-order valence-electron chi connectivity index (χ2n) is 6.48. The van der Waals surface area contributed by atoms with E-state index in [1.807, 2.05) is 24.3 Å². The van der Waals surface area contributed by atoms with E-state index < -0.39 is 0 Å². The summed E-state index contributed by atoms with van der Waals surface area (Å²) in [6.07, 6.45) is 4.88. The van der Waals surface area contributed by atoms with E-state index in [4.69, 9.17) is 4.74 Å². The monoisotopic (exact) mass is 316 g/mol. The van der Waals surface area contributed by atoms with Crippen molar-refractivity contribution in [2.75, 3.05) is 18.1 Å². The van der Waals surface area contributed by atoms with Crippen LogP contribution in [0.25, 0.3) is 0 Å². The quantitative estimate of drug-likeness (QED) is 0.932. The molecule has 0 aromatic heterocycles. The summed E-state index contributed by atoms with van der Waals surface area (Å²) in [7, 11) is 0. The van der Waals surface area contributed by atoms with Crippen LogP contribution in [0.15, 0.2) is 24.3 Å². The number of hydrogen-bond donors (Lipinski definition) is 1. The molecule has 5 heteroatoms. The molecule has 1 aromatic rings. The average Bonchev–Trinajstić information content (AvgIpc) is 2.70. The van der Waals surface area contributed by atoms with E-state index >= 15 is 0 Å². The normalized spacial score (nSPS) is 24.4. The Labute approximate surface area is 137 Å². The van der Waals surface area contributed by atoms with Crippen LogP contribution in [-0.4, -0.2) is 31.0 Å². The fourth-order valence-electron chi connectivity index (χ4n) is 3.42. The first-order valence-corrected chi connectivity index (χ1v) is 8.46. The molecule has 23 heavy (non-hydrogen) atoms. The second-order valence-corrected chi connectivity index (χ2v) is 6.48. The molecule has 1 saturated carbocycles. The number of nitrogens with zero attached hydrogens (tertiary/aromatic N) is 1. The zero-order chi connectivity index (χ0) is 16.2. The molecule has 0 unspecified atom stereocenters. The van der Waals surface area contributed by atoms with Crippen molar-refractivity contribution < 1.29 is 14.3 Å². The molecule has 1 aliphatic carbocycles. The summed E-state index contributed by atoms with van der Waals surface area (Å²) >= 11 is 0. The third-order valence-electron chi connectivity index (χ3n) is 4.79. The Balaban J connectivity index is 1.70. The van der Waals surface area contributed by atoms with Crippen LogP contribution in [0.5, 0.6) is 5.75 Å². The van der Waals surface area contributed by atoms with Crippen LogP contribution in [0.1, 0.15) is 39.0 Å². The van der Waals surface area contributed by atoms with E-state index in [-0.39, 0.29) is 24.4 Å². The lowest BCUT2D eigenvalue weighted by Gasteiger charge is -2.30. The minimum absolute atomic E-state index is 0.0580. The van der Waals surface area contributed by atoms with Crippen LogP contribution < -0.4 is 15.0 Å². The number of anilines is 1. The van der Waals surface area contributed by atoms with Gasteiger partial charge in [-0.15, -0.1) is 0 Å². The average molecular weight is 316 g/mol. The molecule has 0 saturated heterocycles. The Hall–Kier alpha value is -2.04. The molecule has 0 radical (unpaired) electrons. The molecule has 1 aliphatic heterocycles. The van der Waals surface area contributed by atoms with Gasteiger partial charge in [0.05, 0.1) is 18.7 Å². The number of fused-ring (bicyclic) bond motifs is 1. The highest BCUT2D eigenvalue weighted by Crippen LogP contribution is 2.31. The van der Waals surface area contributed by atoms with Crippen LogP contribution >= 0.6 is 0 Å². The zero-order valence-electron chi connectivity index (χ0n) is 13.6. The van der Waals surface area contributed by atoms with E-state index in [1.54, 1.807) is 4.90 Å². The number of rotatable bonds is 3. The largest absolute Gasteiger partial charge is 0.491 e. The molecule has 1 N–H and O–H groups in total. The maximum atomic E-state index is 12.4. The Bertz CT molecular complexity index is 587. The molecule has 5 nitrogen and oxygen atoms in total. The number of ether oxygens (including phenoxy) is 1. The lowest BCUT2D eigenvalue weighted by Crippen LogP contribution is -2.47. The number of nitrogens with one attached hydrogen (secondary N) is 1. The Morgan fingerprint density at radius 1 is 1.30 bits per heavy atom. The molecule has 2 atom stereocenters. The van der Waals surface area contributed by atoms with Gasteiger partial charge in [0.1, 0.15) is 12.3 Å². The molecule has 1 heterocycles. The molecule has 124 valence electrons. The van der Waals surface area contributed by atoms with Gasteiger partial charge in [0, 0.05) is 6.04 Å². The summed E-state index contributed by atoms with van der Waals surface area (Å²) in [6, 6.07) is 7.62.